The van der Waals surface area contributed by atoms with E-state index in [9.17, 15) is 14.4 Å². The second-order valence-corrected chi connectivity index (χ2v) is 6.19. The molecular formula is C19H25N3O4. The summed E-state index contributed by atoms with van der Waals surface area (Å²) < 4.78 is 0. The molecule has 26 heavy (non-hydrogen) atoms. The molecule has 7 heteroatoms. The smallest absolute Gasteiger partial charge is 0.319 e. The van der Waals surface area contributed by atoms with Crippen LogP contribution in [0.5, 0.6) is 0 Å². The average molecular weight is 359 g/mol. The maximum atomic E-state index is 12.5. The highest BCUT2D eigenvalue weighted by atomic mass is 16.6. The van der Waals surface area contributed by atoms with Crippen molar-refractivity contribution >= 4 is 29.0 Å². The number of hydrogen-bond donors (Lipinski definition) is 2. The van der Waals surface area contributed by atoms with E-state index in [0.29, 0.717) is 24.4 Å². The van der Waals surface area contributed by atoms with Gasteiger partial charge >= 0.3 is 6.03 Å². The molecular weight excluding hydrogens is 334 g/mol. The first-order chi connectivity index (χ1) is 12.5. The van der Waals surface area contributed by atoms with Crippen molar-refractivity contribution in [2.75, 3.05) is 11.9 Å². The minimum atomic E-state index is -0.850. The molecule has 0 atom stereocenters. The quantitative estimate of drug-likeness (QED) is 0.444. The van der Waals surface area contributed by atoms with Gasteiger partial charge < -0.3 is 15.5 Å². The van der Waals surface area contributed by atoms with Crippen LogP contribution in [0.25, 0.3) is 0 Å². The largest absolute Gasteiger partial charge is 0.396 e. The predicted molar refractivity (Wildman–Crippen MR) is 99.1 cm³/mol. The number of anilines is 1. The Morgan fingerprint density at radius 3 is 2.38 bits per heavy atom. The highest BCUT2D eigenvalue weighted by molar-refractivity contribution is 6.22. The van der Waals surface area contributed by atoms with Crippen molar-refractivity contribution in [2.45, 2.75) is 45.6 Å². The lowest BCUT2D eigenvalue weighted by Crippen LogP contribution is -2.48. The summed E-state index contributed by atoms with van der Waals surface area (Å²) in [6.45, 7) is 4.13. The minimum absolute atomic E-state index is 0.105. The third kappa shape index (κ3) is 5.40. The molecule has 0 spiro atoms. The van der Waals surface area contributed by atoms with E-state index in [2.05, 4.69) is 15.8 Å². The zero-order valence-corrected chi connectivity index (χ0v) is 15.2. The summed E-state index contributed by atoms with van der Waals surface area (Å²) >= 11 is 0. The fraction of sp³-hybridized carbons (Fsp3) is 0.474. The molecule has 0 aliphatic heterocycles. The van der Waals surface area contributed by atoms with Crippen LogP contribution in [0.1, 0.15) is 39.5 Å². The zero-order chi connectivity index (χ0) is 18.9. The number of carbonyl (C=O) groups is 3. The van der Waals surface area contributed by atoms with Crippen LogP contribution in [-0.4, -0.2) is 36.0 Å². The molecule has 2 amide bonds. The molecule has 2 N–H and O–H groups in total. The predicted octanol–water partition coefficient (Wildman–Crippen LogP) is 2.92. The van der Waals surface area contributed by atoms with Gasteiger partial charge in [-0.1, -0.05) is 36.7 Å². The first kappa shape index (κ1) is 19.6. The summed E-state index contributed by atoms with van der Waals surface area (Å²) in [5.41, 5.74) is 1.13. The van der Waals surface area contributed by atoms with Crippen LogP contribution in [-0.2, 0) is 14.4 Å². The Labute approximate surface area is 153 Å². The molecule has 0 bridgehead atoms. The van der Waals surface area contributed by atoms with Crippen LogP contribution < -0.4 is 10.6 Å². The molecule has 1 aromatic carbocycles. The third-order valence-electron chi connectivity index (χ3n) is 4.06. The van der Waals surface area contributed by atoms with Gasteiger partial charge in [0.1, 0.15) is 12.5 Å². The number of nitrogens with one attached hydrogen (secondary N) is 2. The number of ketones is 2. The van der Waals surface area contributed by atoms with Crippen molar-refractivity contribution in [1.82, 2.24) is 5.32 Å². The van der Waals surface area contributed by atoms with Crippen LogP contribution in [0.4, 0.5) is 10.5 Å². The van der Waals surface area contributed by atoms with Crippen molar-refractivity contribution < 1.29 is 19.2 Å². The summed E-state index contributed by atoms with van der Waals surface area (Å²) in [7, 11) is 0. The van der Waals surface area contributed by atoms with Crippen molar-refractivity contribution in [2.24, 2.45) is 11.1 Å². The van der Waals surface area contributed by atoms with Crippen LogP contribution in [0.15, 0.2) is 35.5 Å². The molecule has 1 aromatic rings. The van der Waals surface area contributed by atoms with Gasteiger partial charge in [0, 0.05) is 24.6 Å². The van der Waals surface area contributed by atoms with Gasteiger partial charge in [-0.2, -0.15) is 0 Å². The molecule has 1 aliphatic rings. The average Bonchev–Trinajstić information content (AvgIpc) is 2.59. The number of urea groups is 1. The van der Waals surface area contributed by atoms with Crippen LogP contribution >= 0.6 is 0 Å². The Hall–Kier alpha value is -2.70. The summed E-state index contributed by atoms with van der Waals surface area (Å²) in [4.78, 5) is 42.1. The topological polar surface area (TPSA) is 96.9 Å². The number of para-hydroxylation sites is 1. The van der Waals surface area contributed by atoms with E-state index in [4.69, 9.17) is 4.84 Å². The summed E-state index contributed by atoms with van der Waals surface area (Å²) in [6, 6.07) is 8.03. The Kier molecular flexibility index (Phi) is 7.32. The number of hydrogen-bond acceptors (Lipinski definition) is 5. The Morgan fingerprint density at radius 1 is 1.15 bits per heavy atom. The first-order valence-corrected chi connectivity index (χ1v) is 8.91. The maximum absolute atomic E-state index is 12.5. The van der Waals surface area contributed by atoms with E-state index >= 15 is 0 Å². The normalized spacial score (nSPS) is 20.6. The van der Waals surface area contributed by atoms with Gasteiger partial charge in [-0.25, -0.2) is 4.79 Å². The molecule has 2 rings (SSSR count). The van der Waals surface area contributed by atoms with Crippen molar-refractivity contribution in [3.8, 4) is 0 Å². The van der Waals surface area contributed by atoms with Gasteiger partial charge in [-0.15, -0.1) is 0 Å². The molecule has 1 fully saturated rings. The number of benzene rings is 1. The Bertz CT molecular complexity index is 655. The number of rotatable bonds is 7. The molecule has 0 unspecified atom stereocenters. The SMILES string of the molecule is CCC/C(=N\OCC)C1C(=O)CC(NC(=O)Nc2ccccc2)CC1=O. The molecule has 0 saturated heterocycles. The van der Waals surface area contributed by atoms with Gasteiger partial charge in [0.05, 0.1) is 5.71 Å². The van der Waals surface area contributed by atoms with Gasteiger partial charge in [0.2, 0.25) is 0 Å². The maximum Gasteiger partial charge on any atom is 0.319 e. The molecule has 1 saturated carbocycles. The lowest BCUT2D eigenvalue weighted by molar-refractivity contribution is -0.133. The van der Waals surface area contributed by atoms with Gasteiger partial charge in [0.25, 0.3) is 0 Å². The van der Waals surface area contributed by atoms with Crippen LogP contribution in [0.3, 0.4) is 0 Å². The van der Waals surface area contributed by atoms with E-state index in [1.165, 1.54) is 0 Å². The summed E-state index contributed by atoms with van der Waals surface area (Å²) in [5, 5.41) is 9.36. The minimum Gasteiger partial charge on any atom is -0.396 e. The standard InChI is InChI=1S/C19H25N3O4/c1-3-8-15(22-26-4-2)18-16(23)11-14(12-17(18)24)21-19(25)20-13-9-6-5-7-10-13/h5-7,9-10,14,18H,3-4,8,11-12H2,1-2H3,(H2,20,21,25)/b22-15+. The van der Waals surface area contributed by atoms with E-state index in [1.54, 1.807) is 31.2 Å². The lowest BCUT2D eigenvalue weighted by atomic mass is 9.80. The van der Waals surface area contributed by atoms with Crippen molar-refractivity contribution in [1.29, 1.82) is 0 Å². The molecule has 0 aromatic heterocycles. The molecule has 0 heterocycles. The van der Waals surface area contributed by atoms with Crippen molar-refractivity contribution in [3.63, 3.8) is 0 Å². The number of nitrogens with zero attached hydrogens (tertiary/aromatic N) is 1. The summed E-state index contributed by atoms with van der Waals surface area (Å²) in [6.07, 6.45) is 1.51. The highest BCUT2D eigenvalue weighted by Crippen LogP contribution is 2.22. The Morgan fingerprint density at radius 2 is 1.81 bits per heavy atom. The van der Waals surface area contributed by atoms with Crippen LogP contribution in [0.2, 0.25) is 0 Å². The zero-order valence-electron chi connectivity index (χ0n) is 15.2. The monoisotopic (exact) mass is 359 g/mol. The number of carbonyl (C=O) groups excluding carboxylic acids is 3. The van der Waals surface area contributed by atoms with Gasteiger partial charge in [0.15, 0.2) is 11.6 Å². The molecule has 0 radical (unpaired) electrons. The number of oxime groups is 1. The molecule has 7 nitrogen and oxygen atoms in total. The Balaban J connectivity index is 1.97. The third-order valence-corrected chi connectivity index (χ3v) is 4.06. The van der Waals surface area contributed by atoms with E-state index in [-0.39, 0.29) is 24.4 Å². The second-order valence-electron chi connectivity index (χ2n) is 6.19. The fourth-order valence-corrected chi connectivity index (χ4v) is 2.97. The molecule has 140 valence electrons. The lowest BCUT2D eigenvalue weighted by Gasteiger charge is -2.27. The molecule has 1 aliphatic carbocycles. The van der Waals surface area contributed by atoms with Gasteiger partial charge in [-0.05, 0) is 25.5 Å². The van der Waals surface area contributed by atoms with Gasteiger partial charge in [-0.3, -0.25) is 9.59 Å². The van der Waals surface area contributed by atoms with E-state index < -0.39 is 18.0 Å². The number of amides is 2. The van der Waals surface area contributed by atoms with Crippen molar-refractivity contribution in [3.05, 3.63) is 30.3 Å². The second kappa shape index (κ2) is 9.70. The number of Topliss-reactive ketones (excluding diaryl/α,β-unsaturated/α-hetero) is 2. The van der Waals surface area contributed by atoms with Crippen LogP contribution in [0, 0.1) is 5.92 Å². The highest BCUT2D eigenvalue weighted by Gasteiger charge is 2.39. The summed E-state index contributed by atoms with van der Waals surface area (Å²) in [5.74, 6) is -1.30. The van der Waals surface area contributed by atoms with E-state index in [1.807, 2.05) is 13.0 Å². The first-order valence-electron chi connectivity index (χ1n) is 8.91. The fourth-order valence-electron chi connectivity index (χ4n) is 2.97. The van der Waals surface area contributed by atoms with E-state index in [0.717, 1.165) is 6.42 Å².